The Morgan fingerprint density at radius 3 is 2.36 bits per heavy atom. The van der Waals surface area contributed by atoms with Crippen molar-refractivity contribution in [3.63, 3.8) is 0 Å². The second-order valence-corrected chi connectivity index (χ2v) is 4.58. The van der Waals surface area contributed by atoms with Gasteiger partial charge in [0.2, 0.25) is 0 Å². The third-order valence-electron chi connectivity index (χ3n) is 4.23. The Kier molecular flexibility index (Phi) is 1.21. The summed E-state index contributed by atoms with van der Waals surface area (Å²) in [6, 6.07) is 0. The number of rotatable bonds is 0. The van der Waals surface area contributed by atoms with Crippen molar-refractivity contribution in [3.05, 3.63) is 12.2 Å². The van der Waals surface area contributed by atoms with Gasteiger partial charge in [0.25, 0.3) is 0 Å². The molecule has 3 fully saturated rings. The molecule has 60 valence electrons. The summed E-state index contributed by atoms with van der Waals surface area (Å²) in [7, 11) is 0. The lowest BCUT2D eigenvalue weighted by Crippen LogP contribution is -2.36. The summed E-state index contributed by atoms with van der Waals surface area (Å²) >= 11 is 0. The van der Waals surface area contributed by atoms with Crippen LogP contribution in [-0.4, -0.2) is 0 Å². The maximum Gasteiger partial charge on any atom is -0.0171 e. The summed E-state index contributed by atoms with van der Waals surface area (Å²) < 4.78 is 0. The highest BCUT2D eigenvalue weighted by Crippen LogP contribution is 2.52. The Balaban J connectivity index is 1.93. The Morgan fingerprint density at radius 2 is 1.64 bits per heavy atom. The van der Waals surface area contributed by atoms with Crippen LogP contribution < -0.4 is 0 Å². The van der Waals surface area contributed by atoms with Gasteiger partial charge in [0.05, 0.1) is 0 Å². The lowest BCUT2D eigenvalue weighted by Gasteiger charge is -2.45. The topological polar surface area (TPSA) is 0 Å². The van der Waals surface area contributed by atoms with Crippen LogP contribution in [0, 0.1) is 23.7 Å². The van der Waals surface area contributed by atoms with Crippen LogP contribution >= 0.6 is 0 Å². The van der Waals surface area contributed by atoms with Gasteiger partial charge in [-0.3, -0.25) is 0 Å². The van der Waals surface area contributed by atoms with Gasteiger partial charge in [-0.25, -0.2) is 0 Å². The highest BCUT2D eigenvalue weighted by Gasteiger charge is 2.43. The molecular weight excluding hydrogens is 132 g/mol. The van der Waals surface area contributed by atoms with E-state index >= 15 is 0 Å². The molecule has 0 N–H and O–H groups in total. The van der Waals surface area contributed by atoms with Crippen LogP contribution in [0.4, 0.5) is 0 Å². The van der Waals surface area contributed by atoms with Gasteiger partial charge >= 0.3 is 0 Å². The fourth-order valence-electron chi connectivity index (χ4n) is 3.66. The van der Waals surface area contributed by atoms with E-state index < -0.39 is 0 Å². The second-order valence-electron chi connectivity index (χ2n) is 4.58. The minimum atomic E-state index is 1.02. The lowest BCUT2D eigenvalue weighted by molar-refractivity contribution is 0.0615. The first-order chi connectivity index (χ1) is 5.45. The fourth-order valence-corrected chi connectivity index (χ4v) is 3.66. The Labute approximate surface area is 68.7 Å². The normalized spacial score (nSPS) is 53.1. The third-order valence-corrected chi connectivity index (χ3v) is 4.23. The fraction of sp³-hybridized carbons (Fsp3) is 0.818. The van der Waals surface area contributed by atoms with E-state index in [1.165, 1.54) is 19.3 Å². The average molecular weight is 148 g/mol. The van der Waals surface area contributed by atoms with Gasteiger partial charge in [0, 0.05) is 0 Å². The molecule has 0 saturated heterocycles. The summed E-state index contributed by atoms with van der Waals surface area (Å²) in [5.74, 6) is 4.30. The Bertz CT molecular complexity index is 184. The van der Waals surface area contributed by atoms with E-state index in [-0.39, 0.29) is 0 Å². The molecule has 0 aromatic rings. The zero-order valence-electron chi connectivity index (χ0n) is 7.00. The van der Waals surface area contributed by atoms with Gasteiger partial charge in [0.1, 0.15) is 0 Å². The van der Waals surface area contributed by atoms with Crippen LogP contribution in [0.2, 0.25) is 0 Å². The molecule has 0 aromatic carbocycles. The van der Waals surface area contributed by atoms with Crippen molar-refractivity contribution in [3.8, 4) is 0 Å². The molecule has 0 spiro atoms. The molecule has 2 bridgehead atoms. The highest BCUT2D eigenvalue weighted by atomic mass is 14.5. The van der Waals surface area contributed by atoms with Crippen molar-refractivity contribution in [1.82, 2.24) is 0 Å². The van der Waals surface area contributed by atoms with E-state index in [0.29, 0.717) is 0 Å². The smallest absolute Gasteiger partial charge is 0.0171 e. The van der Waals surface area contributed by atoms with Crippen LogP contribution in [0.25, 0.3) is 0 Å². The predicted octanol–water partition coefficient (Wildman–Crippen LogP) is 3.00. The summed E-state index contributed by atoms with van der Waals surface area (Å²) in [6.45, 7) is 0. The lowest BCUT2D eigenvalue weighted by atomic mass is 9.60. The van der Waals surface area contributed by atoms with Gasteiger partial charge in [-0.1, -0.05) is 12.2 Å². The Hall–Kier alpha value is -0.260. The van der Waals surface area contributed by atoms with Gasteiger partial charge in [-0.2, -0.15) is 0 Å². The number of hydrogen-bond acceptors (Lipinski definition) is 0. The summed E-state index contributed by atoms with van der Waals surface area (Å²) in [5, 5.41) is 0. The molecule has 0 aromatic heterocycles. The van der Waals surface area contributed by atoms with Crippen molar-refractivity contribution in [2.45, 2.75) is 32.1 Å². The molecular formula is C11H16. The third kappa shape index (κ3) is 0.758. The van der Waals surface area contributed by atoms with Gasteiger partial charge in [-0.05, 0) is 55.8 Å². The van der Waals surface area contributed by atoms with Crippen molar-refractivity contribution < 1.29 is 0 Å². The van der Waals surface area contributed by atoms with E-state index in [1.807, 2.05) is 0 Å². The van der Waals surface area contributed by atoms with Gasteiger partial charge < -0.3 is 0 Å². The van der Waals surface area contributed by atoms with Gasteiger partial charge in [-0.15, -0.1) is 0 Å². The Morgan fingerprint density at radius 1 is 0.909 bits per heavy atom. The van der Waals surface area contributed by atoms with E-state index in [9.17, 15) is 0 Å². The molecule has 4 rings (SSSR count). The first-order valence-electron chi connectivity index (χ1n) is 5.12. The quantitative estimate of drug-likeness (QED) is 0.463. The minimum Gasteiger partial charge on any atom is -0.0879 e. The summed E-state index contributed by atoms with van der Waals surface area (Å²) in [6.07, 6.45) is 12.5. The zero-order chi connectivity index (χ0) is 7.26. The number of allylic oxidation sites excluding steroid dienone is 2. The van der Waals surface area contributed by atoms with Crippen LogP contribution in [0.5, 0.6) is 0 Å². The number of hydrogen-bond donors (Lipinski definition) is 0. The van der Waals surface area contributed by atoms with Crippen LogP contribution in [0.15, 0.2) is 12.2 Å². The molecule has 2 unspecified atom stereocenters. The molecule has 11 heavy (non-hydrogen) atoms. The molecule has 4 aliphatic rings. The van der Waals surface area contributed by atoms with Crippen LogP contribution in [0.1, 0.15) is 32.1 Å². The molecule has 0 amide bonds. The van der Waals surface area contributed by atoms with Gasteiger partial charge in [0.15, 0.2) is 0 Å². The van der Waals surface area contributed by atoms with Crippen molar-refractivity contribution >= 4 is 0 Å². The van der Waals surface area contributed by atoms with E-state index in [4.69, 9.17) is 0 Å². The predicted molar refractivity (Wildman–Crippen MR) is 46.2 cm³/mol. The molecule has 4 aliphatic carbocycles. The molecule has 0 nitrogen and oxygen atoms in total. The number of fused-ring (bicyclic) bond motifs is 2. The molecule has 0 radical (unpaired) electrons. The van der Waals surface area contributed by atoms with E-state index in [1.54, 1.807) is 12.8 Å². The zero-order valence-corrected chi connectivity index (χ0v) is 7.00. The monoisotopic (exact) mass is 148 g/mol. The average Bonchev–Trinajstić information content (AvgIpc) is 2.55. The summed E-state index contributed by atoms with van der Waals surface area (Å²) in [4.78, 5) is 0. The minimum absolute atomic E-state index is 1.02. The second kappa shape index (κ2) is 2.12. The maximum absolute atomic E-state index is 2.51. The summed E-state index contributed by atoms with van der Waals surface area (Å²) in [5.41, 5.74) is 0. The van der Waals surface area contributed by atoms with Crippen LogP contribution in [-0.2, 0) is 0 Å². The van der Waals surface area contributed by atoms with Crippen LogP contribution in [0.3, 0.4) is 0 Å². The molecule has 3 saturated carbocycles. The van der Waals surface area contributed by atoms with Crippen molar-refractivity contribution in [1.29, 1.82) is 0 Å². The molecule has 0 aliphatic heterocycles. The molecule has 2 atom stereocenters. The standard InChI is InChI=1S/C11H16/c1-2-10-8-4-6-9(7-5-8)11(10)3-1/h1-2,8-11H,3-7H2. The first kappa shape index (κ1) is 6.28. The van der Waals surface area contributed by atoms with Crippen molar-refractivity contribution in [2.24, 2.45) is 23.7 Å². The molecule has 0 heteroatoms. The highest BCUT2D eigenvalue weighted by molar-refractivity contribution is 5.09. The van der Waals surface area contributed by atoms with E-state index in [0.717, 1.165) is 23.7 Å². The van der Waals surface area contributed by atoms with Crippen molar-refractivity contribution in [2.75, 3.05) is 0 Å². The van der Waals surface area contributed by atoms with E-state index in [2.05, 4.69) is 12.2 Å². The largest absolute Gasteiger partial charge is 0.0879 e. The first-order valence-corrected chi connectivity index (χ1v) is 5.12. The maximum atomic E-state index is 2.51. The molecule has 0 heterocycles. The SMILES string of the molecule is C1=CC2C3CCC(CC3)C2C1.